The number of hydrogen-bond donors (Lipinski definition) is 0. The van der Waals surface area contributed by atoms with E-state index in [9.17, 15) is 0 Å². The second kappa shape index (κ2) is 21.9. The van der Waals surface area contributed by atoms with Crippen LogP contribution >= 0.6 is 0 Å². The maximum absolute atomic E-state index is 6.40. The number of anilines is 2. The standard InChI is InChI=1S/C71H73N2OSi/c1-4-51-26-30-53(31-27-51)55-34-42-69-65(48-55)66-49-56(35-43-70(66)73(69)59-22-13-8-14-23-59)54-32-36-60(37-33-54)72(58-20-11-7-12-21-58)61-38-41-64-63-24-15-16-25-67(63)71(68(64)50-61,57-18-9-6-10-19-57)44-17-46-75(3)47-45-74-62-39-28-52(5-2)29-40-62/h4-14,16,18-23,25,28-30,32-37,39,42-43,48-51,61-64,67H,1-2,15,17,24,26-27,31,38,40-41,44-47H2,3H3. The van der Waals surface area contributed by atoms with Crippen molar-refractivity contribution in [2.75, 3.05) is 11.5 Å². The van der Waals surface area contributed by atoms with Crippen molar-refractivity contribution in [2.45, 2.75) is 100 Å². The Bertz CT molecular complexity index is 3320. The molecule has 1 radical (unpaired) electrons. The number of benzene rings is 6. The van der Waals surface area contributed by atoms with Gasteiger partial charge in [-0.2, -0.15) is 0 Å². The predicted molar refractivity (Wildman–Crippen MR) is 321 cm³/mol. The van der Waals surface area contributed by atoms with Crippen LogP contribution in [0.4, 0.5) is 11.4 Å². The van der Waals surface area contributed by atoms with E-state index in [4.69, 9.17) is 4.74 Å². The molecule has 1 aromatic heterocycles. The third-order valence-corrected chi connectivity index (χ3v) is 20.3. The number of para-hydroxylation sites is 2. The Morgan fingerprint density at radius 3 is 2.12 bits per heavy atom. The first-order valence-corrected chi connectivity index (χ1v) is 30.7. The zero-order chi connectivity index (χ0) is 50.7. The van der Waals surface area contributed by atoms with E-state index in [0.717, 1.165) is 32.3 Å². The van der Waals surface area contributed by atoms with Gasteiger partial charge in [0, 0.05) is 48.7 Å². The number of nitrogens with zero attached hydrogens (tertiary/aromatic N) is 2. The normalized spacial score (nSPS) is 24.1. The van der Waals surface area contributed by atoms with Crippen molar-refractivity contribution >= 4 is 47.6 Å². The summed E-state index contributed by atoms with van der Waals surface area (Å²) < 4.78 is 8.84. The molecule has 0 N–H and O–H groups in total. The number of ether oxygens (including phenoxy) is 1. The maximum atomic E-state index is 6.40. The molecule has 1 fully saturated rings. The molecule has 7 atom stereocenters. The molecular formula is C71H73N2OSi. The molecule has 0 amide bonds. The lowest BCUT2D eigenvalue weighted by molar-refractivity contribution is 0.0972. The fraction of sp³-hybridized carbons (Fsp3) is 0.296. The third kappa shape index (κ3) is 9.66. The van der Waals surface area contributed by atoms with E-state index in [-0.39, 0.29) is 17.6 Å². The molecule has 0 aliphatic heterocycles. The molecule has 1 saturated carbocycles. The first kappa shape index (κ1) is 49.2. The molecule has 75 heavy (non-hydrogen) atoms. The van der Waals surface area contributed by atoms with Gasteiger partial charge >= 0.3 is 0 Å². The first-order chi connectivity index (χ1) is 37.0. The minimum Gasteiger partial charge on any atom is -0.374 e. The fourth-order valence-electron chi connectivity index (χ4n) is 14.2. The van der Waals surface area contributed by atoms with Crippen molar-refractivity contribution in [3.8, 4) is 16.8 Å². The van der Waals surface area contributed by atoms with Crippen LogP contribution in [0.3, 0.4) is 0 Å². The highest BCUT2D eigenvalue weighted by molar-refractivity contribution is 6.57. The molecule has 12 rings (SSSR count). The average molecular weight is 998 g/mol. The van der Waals surface area contributed by atoms with Crippen LogP contribution in [0.25, 0.3) is 44.2 Å². The van der Waals surface area contributed by atoms with Crippen molar-refractivity contribution in [3.05, 3.63) is 242 Å². The van der Waals surface area contributed by atoms with Crippen LogP contribution in [0.1, 0.15) is 75.3 Å². The van der Waals surface area contributed by atoms with Gasteiger partial charge in [0.1, 0.15) is 0 Å². The molecule has 0 spiro atoms. The highest BCUT2D eigenvalue weighted by Gasteiger charge is 2.57. The summed E-state index contributed by atoms with van der Waals surface area (Å²) in [5.74, 6) is 2.40. The van der Waals surface area contributed by atoms with Gasteiger partial charge in [-0.05, 0) is 182 Å². The summed E-state index contributed by atoms with van der Waals surface area (Å²) in [4.78, 5) is 2.67. The van der Waals surface area contributed by atoms with E-state index in [1.165, 1.54) is 123 Å². The molecule has 5 aliphatic carbocycles. The van der Waals surface area contributed by atoms with E-state index < -0.39 is 8.80 Å². The Morgan fingerprint density at radius 2 is 1.41 bits per heavy atom. The minimum absolute atomic E-state index is 0.00983. The summed E-state index contributed by atoms with van der Waals surface area (Å²) in [6, 6.07) is 60.4. The van der Waals surface area contributed by atoms with Crippen LogP contribution in [-0.4, -0.2) is 32.1 Å². The summed E-state index contributed by atoms with van der Waals surface area (Å²) in [5, 5.41) is 2.59. The average Bonchev–Trinajstić information content (AvgIpc) is 3.97. The smallest absolute Gasteiger partial charge is 0.0793 e. The molecule has 4 heteroatoms. The van der Waals surface area contributed by atoms with Crippen molar-refractivity contribution in [2.24, 2.45) is 23.7 Å². The quantitative estimate of drug-likeness (QED) is 0.0668. The zero-order valence-electron chi connectivity index (χ0n) is 44.0. The summed E-state index contributed by atoms with van der Waals surface area (Å²) in [6.07, 6.45) is 32.9. The van der Waals surface area contributed by atoms with Gasteiger partial charge in [-0.25, -0.2) is 0 Å². The van der Waals surface area contributed by atoms with Gasteiger partial charge in [-0.3, -0.25) is 0 Å². The third-order valence-electron chi connectivity index (χ3n) is 18.0. The SMILES string of the molecule is C=CC1=CCC(OCC[Si](C)CCCC2(c3ccccc3)C3=CC(N(c4ccccc4)c4ccc(-c5ccc6c(c5)c5cc(C7=CCC(C=C)CC7)ccc5n6-c5ccccc5)cc4)CCC3C3CCC=CC32)C=C1. The predicted octanol–water partition coefficient (Wildman–Crippen LogP) is 18.6. The topological polar surface area (TPSA) is 17.4 Å². The highest BCUT2D eigenvalue weighted by atomic mass is 28.3. The van der Waals surface area contributed by atoms with Crippen LogP contribution in [-0.2, 0) is 10.2 Å². The molecule has 6 aromatic carbocycles. The molecule has 0 bridgehead atoms. The van der Waals surface area contributed by atoms with Gasteiger partial charge in [0.05, 0.1) is 23.2 Å². The van der Waals surface area contributed by atoms with Crippen LogP contribution in [0.2, 0.25) is 18.6 Å². The van der Waals surface area contributed by atoms with Gasteiger partial charge < -0.3 is 14.2 Å². The van der Waals surface area contributed by atoms with Crippen LogP contribution < -0.4 is 4.90 Å². The van der Waals surface area contributed by atoms with Crippen LogP contribution in [0.5, 0.6) is 0 Å². The van der Waals surface area contributed by atoms with Gasteiger partial charge in [0.25, 0.3) is 0 Å². The molecule has 7 unspecified atom stereocenters. The van der Waals surface area contributed by atoms with Gasteiger partial charge in [0.15, 0.2) is 0 Å². The fourth-order valence-corrected chi connectivity index (χ4v) is 15.7. The first-order valence-electron chi connectivity index (χ1n) is 28.3. The molecule has 5 aliphatic rings. The van der Waals surface area contributed by atoms with Crippen molar-refractivity contribution < 1.29 is 4.74 Å². The molecular weight excluding hydrogens is 925 g/mol. The van der Waals surface area contributed by atoms with Gasteiger partial charge in [0.2, 0.25) is 0 Å². The molecule has 1 heterocycles. The summed E-state index contributed by atoms with van der Waals surface area (Å²) >= 11 is 0. The maximum Gasteiger partial charge on any atom is 0.0793 e. The minimum atomic E-state index is -0.552. The molecule has 7 aromatic rings. The Balaban J connectivity index is 0.864. The zero-order valence-corrected chi connectivity index (χ0v) is 45.0. The Kier molecular flexibility index (Phi) is 14.3. The van der Waals surface area contributed by atoms with E-state index in [1.54, 1.807) is 5.57 Å². The van der Waals surface area contributed by atoms with Crippen LogP contribution in [0.15, 0.2) is 231 Å². The number of rotatable bonds is 17. The van der Waals surface area contributed by atoms with Crippen molar-refractivity contribution in [3.63, 3.8) is 0 Å². The molecule has 0 saturated heterocycles. The Hall–Kier alpha value is -6.72. The number of allylic oxidation sites excluding steroid dienone is 9. The lowest BCUT2D eigenvalue weighted by atomic mass is 9.64. The Morgan fingerprint density at radius 1 is 0.707 bits per heavy atom. The van der Waals surface area contributed by atoms with Crippen molar-refractivity contribution in [1.29, 1.82) is 0 Å². The second-order valence-electron chi connectivity index (χ2n) is 22.3. The van der Waals surface area contributed by atoms with Crippen molar-refractivity contribution in [1.82, 2.24) is 4.57 Å². The van der Waals surface area contributed by atoms with E-state index in [0.29, 0.717) is 23.7 Å². The van der Waals surface area contributed by atoms with E-state index in [1.807, 2.05) is 6.08 Å². The number of hydrogen-bond acceptors (Lipinski definition) is 2. The number of aromatic nitrogens is 1. The lowest BCUT2D eigenvalue weighted by Gasteiger charge is -2.42. The van der Waals surface area contributed by atoms with Crippen LogP contribution in [0, 0.1) is 23.7 Å². The van der Waals surface area contributed by atoms with E-state index >= 15 is 0 Å². The summed E-state index contributed by atoms with van der Waals surface area (Å²) in [5.41, 5.74) is 15.9. The van der Waals surface area contributed by atoms with Gasteiger partial charge in [-0.1, -0.05) is 177 Å². The highest BCUT2D eigenvalue weighted by Crippen LogP contribution is 2.63. The molecule has 377 valence electrons. The second-order valence-corrected chi connectivity index (χ2v) is 25.2. The summed E-state index contributed by atoms with van der Waals surface area (Å²) in [7, 11) is -0.552. The summed E-state index contributed by atoms with van der Waals surface area (Å²) in [6.45, 7) is 11.4. The molecule has 3 nitrogen and oxygen atoms in total. The number of fused-ring (bicyclic) bond motifs is 6. The Labute approximate surface area is 448 Å². The van der Waals surface area contributed by atoms with Gasteiger partial charge in [-0.15, -0.1) is 6.58 Å². The van der Waals surface area contributed by atoms with E-state index in [2.05, 4.69) is 229 Å². The lowest BCUT2D eigenvalue weighted by Crippen LogP contribution is -2.38. The largest absolute Gasteiger partial charge is 0.374 e. The monoisotopic (exact) mass is 998 g/mol.